The van der Waals surface area contributed by atoms with E-state index in [4.69, 9.17) is 4.42 Å². The zero-order valence-corrected chi connectivity index (χ0v) is 13.5. The number of hydrogen-bond acceptors (Lipinski definition) is 5. The van der Waals surface area contributed by atoms with Crippen LogP contribution in [0.4, 0.5) is 0 Å². The molecule has 0 fully saturated rings. The number of hydrogen-bond donors (Lipinski definition) is 0. The van der Waals surface area contributed by atoms with Crippen molar-refractivity contribution in [1.29, 1.82) is 5.26 Å². The van der Waals surface area contributed by atoms with Crippen LogP contribution >= 0.6 is 0 Å². The summed E-state index contributed by atoms with van der Waals surface area (Å²) in [6, 6.07) is 3.74. The van der Waals surface area contributed by atoms with Crippen LogP contribution in [0.3, 0.4) is 0 Å². The summed E-state index contributed by atoms with van der Waals surface area (Å²) < 4.78 is 11.7. The Bertz CT molecular complexity index is 893. The molecule has 0 amide bonds. The first-order chi connectivity index (χ1) is 11.6. The lowest BCUT2D eigenvalue weighted by Gasteiger charge is -2.01. The molecule has 122 valence electrons. The number of rotatable bonds is 4. The lowest BCUT2D eigenvalue weighted by Crippen LogP contribution is -2.03. The highest BCUT2D eigenvalue weighted by Gasteiger charge is 2.26. The molecule has 0 saturated heterocycles. The van der Waals surface area contributed by atoms with Gasteiger partial charge in [-0.25, -0.2) is 4.79 Å². The maximum absolute atomic E-state index is 12.6. The number of aromatic nitrogens is 1. The fourth-order valence-electron chi connectivity index (χ4n) is 3.14. The molecule has 6 heteroatoms. The second-order valence-electron chi connectivity index (χ2n) is 5.54. The third kappa shape index (κ3) is 2.44. The number of nitriles is 1. The van der Waals surface area contributed by atoms with Crippen molar-refractivity contribution in [3.05, 3.63) is 52.2 Å². The van der Waals surface area contributed by atoms with Crippen LogP contribution < -0.4 is 0 Å². The van der Waals surface area contributed by atoms with Crippen molar-refractivity contribution in [3.8, 4) is 6.07 Å². The Balaban J connectivity index is 1.94. The van der Waals surface area contributed by atoms with E-state index in [1.54, 1.807) is 6.07 Å². The first-order valence-corrected chi connectivity index (χ1v) is 7.58. The van der Waals surface area contributed by atoms with E-state index in [0.717, 1.165) is 30.8 Å². The van der Waals surface area contributed by atoms with Crippen molar-refractivity contribution >= 4 is 17.8 Å². The van der Waals surface area contributed by atoms with Gasteiger partial charge in [0.2, 0.25) is 5.76 Å². The number of carbonyl (C=O) groups excluding carboxylic acids is 2. The molecule has 0 N–H and O–H groups in total. The van der Waals surface area contributed by atoms with E-state index in [9.17, 15) is 14.9 Å². The Hall–Kier alpha value is -3.07. The minimum Gasteiger partial charge on any atom is -0.463 e. The van der Waals surface area contributed by atoms with Crippen LogP contribution in [0, 0.1) is 18.3 Å². The average molecular weight is 324 g/mol. The molecule has 0 spiro atoms. The summed E-state index contributed by atoms with van der Waals surface area (Å²) in [4.78, 5) is 24.2. The lowest BCUT2D eigenvalue weighted by atomic mass is 10.0. The number of fused-ring (bicyclic) bond motifs is 1. The van der Waals surface area contributed by atoms with Gasteiger partial charge in [0.05, 0.1) is 24.5 Å². The average Bonchev–Trinajstić information content (AvgIpc) is 3.29. The Morgan fingerprint density at radius 3 is 2.96 bits per heavy atom. The predicted molar refractivity (Wildman–Crippen MR) is 85.6 cm³/mol. The third-order valence-corrected chi connectivity index (χ3v) is 4.27. The smallest absolute Gasteiger partial charge is 0.374 e. The molecule has 0 bridgehead atoms. The van der Waals surface area contributed by atoms with Gasteiger partial charge in [-0.15, -0.1) is 0 Å². The van der Waals surface area contributed by atoms with Crippen LogP contribution in [0.5, 0.6) is 0 Å². The van der Waals surface area contributed by atoms with Gasteiger partial charge in [-0.1, -0.05) is 0 Å². The largest absolute Gasteiger partial charge is 0.463 e. The molecule has 1 aliphatic heterocycles. The molecular formula is C18H16N2O4. The highest BCUT2D eigenvalue weighted by Crippen LogP contribution is 2.29. The summed E-state index contributed by atoms with van der Waals surface area (Å²) >= 11 is 0. The molecule has 3 rings (SSSR count). The fourth-order valence-corrected chi connectivity index (χ4v) is 3.14. The van der Waals surface area contributed by atoms with E-state index in [1.807, 2.05) is 11.5 Å². The maximum Gasteiger partial charge on any atom is 0.374 e. The maximum atomic E-state index is 12.6. The molecule has 6 nitrogen and oxygen atoms in total. The first kappa shape index (κ1) is 15.8. The molecular weight excluding hydrogens is 308 g/mol. The number of carbonyl (C=O) groups is 2. The minimum absolute atomic E-state index is 0.0400. The normalized spacial score (nSPS) is 13.0. The van der Waals surface area contributed by atoms with Crippen LogP contribution in [0.15, 0.2) is 22.8 Å². The Morgan fingerprint density at radius 1 is 1.46 bits per heavy atom. The van der Waals surface area contributed by atoms with Crippen molar-refractivity contribution in [1.82, 2.24) is 4.57 Å². The SMILES string of the molecule is COC(=O)c1occc1C=CC(=O)c1c(C#N)c2n(c1C)CCC2. The van der Waals surface area contributed by atoms with E-state index in [1.165, 1.54) is 25.5 Å². The highest BCUT2D eigenvalue weighted by atomic mass is 16.5. The summed E-state index contributed by atoms with van der Waals surface area (Å²) in [5, 5.41) is 9.43. The van der Waals surface area contributed by atoms with Gasteiger partial charge < -0.3 is 13.7 Å². The van der Waals surface area contributed by atoms with Crippen molar-refractivity contribution in [2.75, 3.05) is 7.11 Å². The van der Waals surface area contributed by atoms with Crippen LogP contribution in [0.25, 0.3) is 6.08 Å². The molecule has 3 heterocycles. The minimum atomic E-state index is -0.608. The Kier molecular flexibility index (Phi) is 4.09. The number of methoxy groups -OCH3 is 1. The molecule has 24 heavy (non-hydrogen) atoms. The van der Waals surface area contributed by atoms with Gasteiger partial charge in [0.1, 0.15) is 6.07 Å². The molecule has 0 unspecified atom stereocenters. The summed E-state index contributed by atoms with van der Waals surface area (Å²) in [6.45, 7) is 2.69. The van der Waals surface area contributed by atoms with E-state index in [0.29, 0.717) is 16.7 Å². The molecule has 2 aromatic heterocycles. The molecule has 0 saturated carbocycles. The summed E-state index contributed by atoms with van der Waals surface area (Å²) in [5.41, 5.74) is 3.10. The van der Waals surface area contributed by atoms with Gasteiger partial charge in [-0.05, 0) is 38.0 Å². The van der Waals surface area contributed by atoms with E-state index < -0.39 is 5.97 Å². The van der Waals surface area contributed by atoms with Crippen LogP contribution in [-0.4, -0.2) is 23.4 Å². The fraction of sp³-hybridized carbons (Fsp3) is 0.278. The summed E-state index contributed by atoms with van der Waals surface area (Å²) in [5.74, 6) is -0.829. The van der Waals surface area contributed by atoms with E-state index in [2.05, 4.69) is 10.8 Å². The zero-order chi connectivity index (χ0) is 17.3. The monoisotopic (exact) mass is 324 g/mol. The number of furan rings is 1. The molecule has 1 aliphatic rings. The number of allylic oxidation sites excluding steroid dienone is 1. The quantitative estimate of drug-likeness (QED) is 0.490. The third-order valence-electron chi connectivity index (χ3n) is 4.27. The van der Waals surface area contributed by atoms with Crippen molar-refractivity contribution in [2.45, 2.75) is 26.3 Å². The Morgan fingerprint density at radius 2 is 2.25 bits per heavy atom. The number of ketones is 1. The van der Waals surface area contributed by atoms with Crippen molar-refractivity contribution < 1.29 is 18.7 Å². The van der Waals surface area contributed by atoms with E-state index in [-0.39, 0.29) is 11.5 Å². The summed E-state index contributed by atoms with van der Waals surface area (Å²) in [7, 11) is 1.26. The highest BCUT2D eigenvalue weighted by molar-refractivity contribution is 6.10. The Labute approximate surface area is 138 Å². The molecule has 0 atom stereocenters. The molecule has 0 radical (unpaired) electrons. The number of ether oxygens (including phenoxy) is 1. The van der Waals surface area contributed by atoms with E-state index >= 15 is 0 Å². The zero-order valence-electron chi connectivity index (χ0n) is 13.5. The van der Waals surface area contributed by atoms with Crippen molar-refractivity contribution in [2.24, 2.45) is 0 Å². The van der Waals surface area contributed by atoms with Crippen LogP contribution in [0.1, 0.15) is 49.8 Å². The van der Waals surface area contributed by atoms with Gasteiger partial charge >= 0.3 is 5.97 Å². The topological polar surface area (TPSA) is 85.2 Å². The molecule has 2 aromatic rings. The van der Waals surface area contributed by atoms with Gasteiger partial charge in [0, 0.05) is 23.5 Å². The second kappa shape index (κ2) is 6.20. The van der Waals surface area contributed by atoms with Crippen LogP contribution in [0.2, 0.25) is 0 Å². The van der Waals surface area contributed by atoms with Gasteiger partial charge in [-0.3, -0.25) is 4.79 Å². The standard InChI is InChI=1S/C18H16N2O4/c1-11-16(13(10-19)14-4-3-8-20(11)14)15(21)6-5-12-7-9-24-17(12)18(22)23-2/h5-7,9H,3-4,8H2,1-2H3. The second-order valence-corrected chi connectivity index (χ2v) is 5.54. The molecule has 0 aromatic carbocycles. The predicted octanol–water partition coefficient (Wildman–Crippen LogP) is 2.89. The number of nitrogens with zero attached hydrogens (tertiary/aromatic N) is 2. The van der Waals surface area contributed by atoms with Gasteiger partial charge in [0.15, 0.2) is 5.78 Å². The molecule has 0 aliphatic carbocycles. The summed E-state index contributed by atoms with van der Waals surface area (Å²) in [6.07, 6.45) is 6.02. The first-order valence-electron chi connectivity index (χ1n) is 7.58. The van der Waals surface area contributed by atoms with Gasteiger partial charge in [-0.2, -0.15) is 5.26 Å². The number of esters is 1. The van der Waals surface area contributed by atoms with Gasteiger partial charge in [0.25, 0.3) is 0 Å². The lowest BCUT2D eigenvalue weighted by molar-refractivity contribution is 0.0564. The van der Waals surface area contributed by atoms with Crippen LogP contribution in [-0.2, 0) is 17.7 Å². The van der Waals surface area contributed by atoms with Crippen molar-refractivity contribution in [3.63, 3.8) is 0 Å².